The molecule has 0 radical (unpaired) electrons. The lowest BCUT2D eigenvalue weighted by molar-refractivity contribution is -0.130. The number of hydrogen-bond acceptors (Lipinski definition) is 7. The number of aromatic nitrogens is 1. The van der Waals surface area contributed by atoms with E-state index in [0.717, 1.165) is 5.56 Å². The van der Waals surface area contributed by atoms with Crippen molar-refractivity contribution in [1.29, 1.82) is 0 Å². The second-order valence-electron chi connectivity index (χ2n) is 7.33. The fraction of sp³-hybridized carbons (Fsp3) is 0.240. The first-order chi connectivity index (χ1) is 16.0. The summed E-state index contributed by atoms with van der Waals surface area (Å²) in [5.74, 6) is -0.400. The molecule has 0 fully saturated rings. The minimum Gasteiger partial charge on any atom is -0.503 e. The number of carbonyl (C=O) groups is 2. The van der Waals surface area contributed by atoms with Crippen LogP contribution in [0.25, 0.3) is 0 Å². The van der Waals surface area contributed by atoms with E-state index in [1.165, 1.54) is 16.2 Å². The molecule has 0 spiro atoms. The maximum absolute atomic E-state index is 13.4. The molecule has 1 aliphatic heterocycles. The molecular weight excluding hydrogens is 440 g/mol. The Bertz CT molecular complexity index is 1170. The number of benzene rings is 1. The Labute approximate surface area is 195 Å². The second kappa shape index (κ2) is 9.87. The van der Waals surface area contributed by atoms with Crippen molar-refractivity contribution in [3.05, 3.63) is 87.6 Å². The molecule has 7 nitrogen and oxygen atoms in total. The molecule has 0 saturated carbocycles. The van der Waals surface area contributed by atoms with Crippen LogP contribution in [0.1, 0.15) is 40.7 Å². The monoisotopic (exact) mass is 464 g/mol. The van der Waals surface area contributed by atoms with Gasteiger partial charge in [0.05, 0.1) is 29.7 Å². The van der Waals surface area contributed by atoms with Crippen LogP contribution in [0.15, 0.2) is 71.6 Å². The first-order valence-corrected chi connectivity index (χ1v) is 11.5. The molecule has 1 atom stereocenters. The lowest BCUT2D eigenvalue weighted by Gasteiger charge is -2.27. The van der Waals surface area contributed by atoms with Gasteiger partial charge in [0.1, 0.15) is 0 Å². The first-order valence-electron chi connectivity index (χ1n) is 10.7. The van der Waals surface area contributed by atoms with Crippen molar-refractivity contribution in [3.8, 4) is 11.5 Å². The molecule has 3 heterocycles. The van der Waals surface area contributed by atoms with E-state index in [2.05, 4.69) is 4.98 Å². The van der Waals surface area contributed by atoms with E-state index >= 15 is 0 Å². The van der Waals surface area contributed by atoms with E-state index < -0.39 is 17.7 Å². The van der Waals surface area contributed by atoms with Crippen LogP contribution < -0.4 is 9.47 Å². The fourth-order valence-electron chi connectivity index (χ4n) is 3.86. The number of carbonyl (C=O) groups excluding carboxylic acids is 2. The molecule has 0 bridgehead atoms. The Hall–Kier alpha value is -3.65. The van der Waals surface area contributed by atoms with Gasteiger partial charge in [0.25, 0.3) is 5.91 Å². The largest absolute Gasteiger partial charge is 0.503 e. The van der Waals surface area contributed by atoms with Crippen molar-refractivity contribution < 1.29 is 24.2 Å². The molecule has 1 amide bonds. The molecule has 1 unspecified atom stereocenters. The quantitative estimate of drug-likeness (QED) is 0.461. The summed E-state index contributed by atoms with van der Waals surface area (Å²) in [6.45, 7) is 4.85. The minimum absolute atomic E-state index is 0.0584. The summed E-state index contributed by atoms with van der Waals surface area (Å²) >= 11 is 1.27. The average molecular weight is 465 g/mol. The summed E-state index contributed by atoms with van der Waals surface area (Å²) in [4.78, 5) is 32.5. The predicted molar refractivity (Wildman–Crippen MR) is 125 cm³/mol. The molecule has 3 aromatic rings. The van der Waals surface area contributed by atoms with E-state index in [0.29, 0.717) is 35.2 Å². The minimum atomic E-state index is -0.782. The van der Waals surface area contributed by atoms with Crippen molar-refractivity contribution in [2.75, 3.05) is 13.2 Å². The van der Waals surface area contributed by atoms with Gasteiger partial charge in [-0.25, -0.2) is 0 Å². The highest BCUT2D eigenvalue weighted by Gasteiger charge is 2.44. The maximum atomic E-state index is 13.4. The number of pyridine rings is 1. The number of Topliss-reactive ketones (excluding diaryl/α,β-unsaturated/α-hetero) is 1. The van der Waals surface area contributed by atoms with Crippen molar-refractivity contribution in [1.82, 2.24) is 9.88 Å². The number of aliphatic hydroxyl groups is 1. The van der Waals surface area contributed by atoms with Crippen molar-refractivity contribution in [2.45, 2.75) is 26.4 Å². The summed E-state index contributed by atoms with van der Waals surface area (Å²) in [7, 11) is 0. The van der Waals surface area contributed by atoms with Crippen LogP contribution >= 0.6 is 11.3 Å². The number of amides is 1. The Balaban J connectivity index is 1.82. The number of thiophene rings is 1. The molecule has 2 aromatic heterocycles. The maximum Gasteiger partial charge on any atom is 0.290 e. The number of hydrogen-bond donors (Lipinski definition) is 1. The SMILES string of the molecule is CCOc1ccc(C2C(C(=O)c3cccs3)=C(O)C(=O)N2Cc2ccncc2)cc1OCC. The normalized spacial score (nSPS) is 15.8. The lowest BCUT2D eigenvalue weighted by Crippen LogP contribution is -2.30. The summed E-state index contributed by atoms with van der Waals surface area (Å²) < 4.78 is 11.4. The van der Waals surface area contributed by atoms with Gasteiger partial charge in [-0.2, -0.15) is 0 Å². The highest BCUT2D eigenvalue weighted by atomic mass is 32.1. The van der Waals surface area contributed by atoms with Crippen LogP contribution in [-0.2, 0) is 11.3 Å². The topological polar surface area (TPSA) is 89.0 Å². The second-order valence-corrected chi connectivity index (χ2v) is 8.28. The van der Waals surface area contributed by atoms with Gasteiger partial charge in [-0.1, -0.05) is 12.1 Å². The zero-order chi connectivity index (χ0) is 23.4. The number of aliphatic hydroxyl groups excluding tert-OH is 1. The molecule has 4 rings (SSSR count). The van der Waals surface area contributed by atoms with Gasteiger partial charge in [0, 0.05) is 18.9 Å². The number of ketones is 1. The van der Waals surface area contributed by atoms with E-state index in [4.69, 9.17) is 9.47 Å². The van der Waals surface area contributed by atoms with Crippen LogP contribution in [0, 0.1) is 0 Å². The molecule has 1 aliphatic rings. The zero-order valence-corrected chi connectivity index (χ0v) is 19.2. The summed E-state index contributed by atoms with van der Waals surface area (Å²) in [5, 5.41) is 12.6. The molecule has 33 heavy (non-hydrogen) atoms. The third-order valence-electron chi connectivity index (χ3n) is 5.28. The third kappa shape index (κ3) is 4.47. The van der Waals surface area contributed by atoms with E-state index in [1.807, 2.05) is 13.8 Å². The van der Waals surface area contributed by atoms with Crippen molar-refractivity contribution in [2.24, 2.45) is 0 Å². The van der Waals surface area contributed by atoms with Gasteiger partial charge in [-0.3, -0.25) is 14.6 Å². The van der Waals surface area contributed by atoms with Gasteiger partial charge in [0.15, 0.2) is 17.3 Å². The summed E-state index contributed by atoms with van der Waals surface area (Å²) in [6, 6.07) is 11.6. The van der Waals surface area contributed by atoms with Crippen LogP contribution in [0.5, 0.6) is 11.5 Å². The standard InChI is InChI=1S/C25H24N2O5S/c1-3-31-18-8-7-17(14-19(18)32-4-2)22-21(23(28)20-6-5-13-33-20)24(29)25(30)27(22)15-16-9-11-26-12-10-16/h5-14,22,29H,3-4,15H2,1-2H3. The Morgan fingerprint density at radius 2 is 1.82 bits per heavy atom. The van der Waals surface area contributed by atoms with Crippen molar-refractivity contribution >= 4 is 23.0 Å². The number of ether oxygens (including phenoxy) is 2. The van der Waals surface area contributed by atoms with Crippen LogP contribution in [0.4, 0.5) is 0 Å². The molecule has 1 N–H and O–H groups in total. The smallest absolute Gasteiger partial charge is 0.290 e. The third-order valence-corrected chi connectivity index (χ3v) is 6.15. The number of nitrogens with zero attached hydrogens (tertiary/aromatic N) is 2. The average Bonchev–Trinajstić information content (AvgIpc) is 3.44. The van der Waals surface area contributed by atoms with E-state index in [9.17, 15) is 14.7 Å². The molecule has 0 saturated heterocycles. The highest BCUT2D eigenvalue weighted by Crippen LogP contribution is 2.42. The number of rotatable bonds is 9. The van der Waals surface area contributed by atoms with Gasteiger partial charge < -0.3 is 19.5 Å². The fourth-order valence-corrected chi connectivity index (χ4v) is 4.54. The molecule has 170 valence electrons. The van der Waals surface area contributed by atoms with Crippen molar-refractivity contribution in [3.63, 3.8) is 0 Å². The zero-order valence-electron chi connectivity index (χ0n) is 18.4. The van der Waals surface area contributed by atoms with Gasteiger partial charge in [-0.15, -0.1) is 11.3 Å². The van der Waals surface area contributed by atoms with E-state index in [1.54, 1.807) is 60.2 Å². The van der Waals surface area contributed by atoms with Gasteiger partial charge in [0.2, 0.25) is 5.78 Å². The summed E-state index contributed by atoms with van der Waals surface area (Å²) in [6.07, 6.45) is 3.28. The Morgan fingerprint density at radius 3 is 2.48 bits per heavy atom. The Kier molecular flexibility index (Phi) is 6.74. The molecule has 1 aromatic carbocycles. The van der Waals surface area contributed by atoms with Crippen LogP contribution in [-0.4, -0.2) is 39.9 Å². The molecule has 0 aliphatic carbocycles. The summed E-state index contributed by atoms with van der Waals surface area (Å²) in [5.41, 5.74) is 1.54. The lowest BCUT2D eigenvalue weighted by atomic mass is 9.95. The Morgan fingerprint density at radius 1 is 1.09 bits per heavy atom. The van der Waals surface area contributed by atoms with Gasteiger partial charge >= 0.3 is 0 Å². The van der Waals surface area contributed by atoms with Gasteiger partial charge in [-0.05, 0) is 60.7 Å². The van der Waals surface area contributed by atoms with Crippen LogP contribution in [0.3, 0.4) is 0 Å². The van der Waals surface area contributed by atoms with Crippen LogP contribution in [0.2, 0.25) is 0 Å². The highest BCUT2D eigenvalue weighted by molar-refractivity contribution is 7.12. The molecule has 8 heteroatoms. The first kappa shape index (κ1) is 22.5. The predicted octanol–water partition coefficient (Wildman–Crippen LogP) is 4.72. The molecular formula is C25H24N2O5S. The van der Waals surface area contributed by atoms with E-state index in [-0.39, 0.29) is 17.9 Å².